The van der Waals surface area contributed by atoms with Crippen LogP contribution in [0, 0.1) is 0 Å². The number of aldehydes is 2. The van der Waals surface area contributed by atoms with Gasteiger partial charge in [-0.2, -0.15) is 0 Å². The molecule has 0 spiro atoms. The zero-order valence-corrected chi connectivity index (χ0v) is 35.2. The van der Waals surface area contributed by atoms with Crippen LogP contribution in [0.4, 0.5) is 0 Å². The van der Waals surface area contributed by atoms with Crippen molar-refractivity contribution in [2.45, 2.75) is 78.1 Å². The maximum atomic E-state index is 11.5. The predicted molar refractivity (Wildman–Crippen MR) is 244 cm³/mol. The van der Waals surface area contributed by atoms with Gasteiger partial charge in [0.15, 0.2) is 12.6 Å². The van der Waals surface area contributed by atoms with E-state index in [-0.39, 0.29) is 0 Å². The lowest BCUT2D eigenvalue weighted by Gasteiger charge is -2.22. The minimum atomic E-state index is -0.409. The molecule has 0 fully saturated rings. The highest BCUT2D eigenvalue weighted by Gasteiger charge is 2.31. The molecule has 0 saturated carbocycles. The fraction of sp³-hybridized carbons (Fsp3) is 0.231. The second-order valence-corrected chi connectivity index (χ2v) is 16.7. The first-order valence-corrected chi connectivity index (χ1v) is 20.9. The summed E-state index contributed by atoms with van der Waals surface area (Å²) in [7, 11) is 0. The predicted octanol–water partition coefficient (Wildman–Crippen LogP) is 11.9. The van der Waals surface area contributed by atoms with Crippen LogP contribution in [-0.4, -0.2) is 43.9 Å². The quantitative estimate of drug-likeness (QED) is 0.0774. The van der Waals surface area contributed by atoms with Gasteiger partial charge in [-0.25, -0.2) is 9.98 Å². The minimum Gasteiger partial charge on any atom is -0.358 e. The Morgan fingerprint density at radius 3 is 1.22 bits per heavy atom. The Bertz CT molecular complexity index is 2560. The molecule has 302 valence electrons. The number of benzene rings is 2. The van der Waals surface area contributed by atoms with E-state index in [1.165, 1.54) is 11.1 Å². The van der Waals surface area contributed by atoms with Crippen molar-refractivity contribution >= 4 is 35.1 Å². The number of carbonyl (C=O) groups excluding carboxylic acids is 2. The van der Waals surface area contributed by atoms with E-state index in [1.54, 1.807) is 0 Å². The second-order valence-electron chi connectivity index (χ2n) is 16.7. The van der Waals surface area contributed by atoms with E-state index in [0.29, 0.717) is 11.4 Å². The number of nitrogens with zero attached hydrogens (tertiary/aromatic N) is 2. The van der Waals surface area contributed by atoms with Crippen LogP contribution in [0.2, 0.25) is 0 Å². The molecule has 2 aliphatic rings. The van der Waals surface area contributed by atoms with Crippen LogP contribution in [0.1, 0.15) is 133 Å². The number of aromatic amines is 4. The highest BCUT2D eigenvalue weighted by Crippen LogP contribution is 2.41. The van der Waals surface area contributed by atoms with E-state index in [1.807, 2.05) is 36.4 Å². The number of nitrogens with one attached hydrogen (secondary N) is 4. The van der Waals surface area contributed by atoms with Crippen molar-refractivity contribution in [2.24, 2.45) is 9.98 Å². The van der Waals surface area contributed by atoms with Gasteiger partial charge >= 0.3 is 0 Å². The normalized spacial score (nSPS) is 16.0. The van der Waals surface area contributed by atoms with Crippen LogP contribution in [0.25, 0.3) is 11.1 Å². The van der Waals surface area contributed by atoms with E-state index >= 15 is 0 Å². The molecule has 0 radical (unpaired) electrons. The van der Waals surface area contributed by atoms with Gasteiger partial charge in [0, 0.05) is 56.1 Å². The van der Waals surface area contributed by atoms with Gasteiger partial charge in [0.1, 0.15) is 0 Å². The zero-order valence-electron chi connectivity index (χ0n) is 35.2. The number of hydrogen-bond acceptors (Lipinski definition) is 4. The Morgan fingerprint density at radius 1 is 0.500 bits per heavy atom. The molecule has 8 rings (SSSR count). The number of aromatic nitrogens is 4. The van der Waals surface area contributed by atoms with Crippen LogP contribution in [-0.2, 0) is 10.8 Å². The highest BCUT2D eigenvalue weighted by atomic mass is 16.1. The average Bonchev–Trinajstić information content (AvgIpc) is 4.12. The van der Waals surface area contributed by atoms with Gasteiger partial charge in [0.25, 0.3) is 0 Å². The molecule has 8 nitrogen and oxygen atoms in total. The van der Waals surface area contributed by atoms with Gasteiger partial charge in [0.05, 0.1) is 34.2 Å². The number of hydrogen-bond donors (Lipinski definition) is 4. The third kappa shape index (κ3) is 7.50. The number of aliphatic imine (C=N–C) groups is 2. The molecule has 60 heavy (non-hydrogen) atoms. The van der Waals surface area contributed by atoms with Crippen LogP contribution in [0.3, 0.4) is 0 Å². The van der Waals surface area contributed by atoms with Crippen LogP contribution in [0.15, 0.2) is 154 Å². The lowest BCUT2D eigenvalue weighted by atomic mass is 9.86. The fourth-order valence-electron chi connectivity index (χ4n) is 8.37. The Balaban J connectivity index is 1.26. The molecule has 2 aliphatic heterocycles. The van der Waals surface area contributed by atoms with Crippen LogP contribution >= 0.6 is 0 Å². The summed E-state index contributed by atoms with van der Waals surface area (Å²) in [6.45, 7) is 13.0. The smallest absolute Gasteiger partial charge is 0.166 e. The molecule has 0 atom stereocenters. The largest absolute Gasteiger partial charge is 0.358 e. The molecule has 6 heterocycles. The third-order valence-corrected chi connectivity index (χ3v) is 11.9. The summed E-state index contributed by atoms with van der Waals surface area (Å²) in [6.07, 6.45) is 9.82. The van der Waals surface area contributed by atoms with Crippen molar-refractivity contribution in [1.29, 1.82) is 0 Å². The van der Waals surface area contributed by atoms with E-state index in [2.05, 4.69) is 146 Å². The van der Waals surface area contributed by atoms with E-state index in [4.69, 9.17) is 9.98 Å². The number of H-pyrrole nitrogens is 4. The maximum Gasteiger partial charge on any atom is 0.166 e. The maximum absolute atomic E-state index is 11.5. The number of rotatable bonds is 15. The van der Waals surface area contributed by atoms with Gasteiger partial charge in [-0.15, -0.1) is 0 Å². The molecule has 0 saturated heterocycles. The van der Waals surface area contributed by atoms with Crippen molar-refractivity contribution < 1.29 is 9.59 Å². The minimum absolute atomic E-state index is 0.409. The summed E-state index contributed by atoms with van der Waals surface area (Å²) in [5.74, 6) is 0. The lowest BCUT2D eigenvalue weighted by molar-refractivity contribution is 0.111. The van der Waals surface area contributed by atoms with Gasteiger partial charge < -0.3 is 19.9 Å². The number of allylic oxidation sites excluding steroid dienone is 4. The first kappa shape index (κ1) is 40.0. The summed E-state index contributed by atoms with van der Waals surface area (Å²) < 4.78 is 0. The first-order chi connectivity index (χ1) is 29.0. The molecule has 4 aromatic heterocycles. The summed E-state index contributed by atoms with van der Waals surface area (Å²) in [5.41, 5.74) is 16.4. The van der Waals surface area contributed by atoms with Crippen molar-refractivity contribution in [2.75, 3.05) is 0 Å². The molecule has 0 aliphatic carbocycles. The fourth-order valence-corrected chi connectivity index (χ4v) is 8.37. The van der Waals surface area contributed by atoms with E-state index in [9.17, 15) is 9.59 Å². The second kappa shape index (κ2) is 16.5. The van der Waals surface area contributed by atoms with Gasteiger partial charge in [-0.05, 0) is 123 Å². The average molecular weight is 793 g/mol. The summed E-state index contributed by atoms with van der Waals surface area (Å²) in [4.78, 5) is 48.1. The first-order valence-electron chi connectivity index (χ1n) is 20.9. The topological polar surface area (TPSA) is 122 Å². The Morgan fingerprint density at radius 2 is 0.867 bits per heavy atom. The molecular weight excluding hydrogens is 741 g/mol. The molecule has 4 N–H and O–H groups in total. The van der Waals surface area contributed by atoms with Gasteiger partial charge in [-0.3, -0.25) is 9.59 Å². The highest BCUT2D eigenvalue weighted by molar-refractivity contribution is 6.52. The van der Waals surface area contributed by atoms with Crippen molar-refractivity contribution in [3.63, 3.8) is 0 Å². The Labute approximate surface area is 352 Å². The van der Waals surface area contributed by atoms with E-state index in [0.717, 1.165) is 118 Å². The zero-order chi connectivity index (χ0) is 42.0. The van der Waals surface area contributed by atoms with Crippen LogP contribution < -0.4 is 0 Å². The molecule has 0 bridgehead atoms. The molecule has 0 amide bonds. The Kier molecular flexibility index (Phi) is 11.0. The molecule has 0 unspecified atom stereocenters. The molecule has 6 aromatic rings. The lowest BCUT2D eigenvalue weighted by Crippen LogP contribution is -2.20. The summed E-state index contributed by atoms with van der Waals surface area (Å²) in [5, 5.41) is 0. The van der Waals surface area contributed by atoms with Gasteiger partial charge in [-0.1, -0.05) is 87.4 Å². The SMILES string of the molecule is CCCC1=CC(C2=N/C(=C(\c3ccccc3)c3ccc(C(C)(C)c4ccc(C=O)[nH]4)[nH]3)C(CCC)=C2)=N/C1=C(\c1ccccc1)c1ccc(C(C)(C)c2ccc(C=O)[nH]2)[nH]1. The van der Waals surface area contributed by atoms with Crippen molar-refractivity contribution in [3.05, 3.63) is 201 Å². The summed E-state index contributed by atoms with van der Waals surface area (Å²) in [6, 6.07) is 37.1. The Hall–Kier alpha value is -6.80. The van der Waals surface area contributed by atoms with E-state index < -0.39 is 10.8 Å². The molecule has 8 heteroatoms. The van der Waals surface area contributed by atoms with Crippen LogP contribution in [0.5, 0.6) is 0 Å². The standard InChI is InChI=1S/C52H52N6O2/c1-7-15-35-29-41(57-49(35)47(33-17-11-9-12-18-33)39-23-27-45(55-39)51(3,4)43-25-21-37(31-59)53-43)42-30-36(16-8-2)50(58-42)48(34-19-13-10-14-20-34)40-24-28-46(56-40)52(5,6)44-26-22-38(32-60)54-44/h9-14,17-32,53-56H,7-8,15-16H2,1-6H3/b49-47+,50-48+. The molecular formula is C52H52N6O2. The van der Waals surface area contributed by atoms with Crippen molar-refractivity contribution in [1.82, 2.24) is 19.9 Å². The molecule has 2 aromatic carbocycles. The summed E-state index contributed by atoms with van der Waals surface area (Å²) >= 11 is 0. The monoisotopic (exact) mass is 792 g/mol. The van der Waals surface area contributed by atoms with Gasteiger partial charge in [0.2, 0.25) is 0 Å². The number of carbonyl (C=O) groups is 2. The van der Waals surface area contributed by atoms with Crippen molar-refractivity contribution in [3.8, 4) is 0 Å². The third-order valence-electron chi connectivity index (χ3n) is 11.9.